The van der Waals surface area contributed by atoms with Gasteiger partial charge in [0.05, 0.1) is 5.02 Å². The summed E-state index contributed by atoms with van der Waals surface area (Å²) in [6.07, 6.45) is 3.45. The Morgan fingerprint density at radius 1 is 1.35 bits per heavy atom. The molecule has 0 aliphatic rings. The summed E-state index contributed by atoms with van der Waals surface area (Å²) in [4.78, 5) is 16.3. The average molecular weight is 291 g/mol. The van der Waals surface area contributed by atoms with Gasteiger partial charge in [-0.25, -0.2) is 0 Å². The van der Waals surface area contributed by atoms with Crippen molar-refractivity contribution in [1.82, 2.24) is 4.98 Å². The van der Waals surface area contributed by atoms with Crippen LogP contribution in [0.15, 0.2) is 36.5 Å². The fourth-order valence-electron chi connectivity index (χ4n) is 1.80. The number of amides is 1. The van der Waals surface area contributed by atoms with Crippen molar-refractivity contribution >= 4 is 23.2 Å². The molecule has 0 unspecified atom stereocenters. The predicted molar refractivity (Wildman–Crippen MR) is 79.3 cm³/mol. The Bertz CT molecular complexity index is 629. The fourth-order valence-corrected chi connectivity index (χ4v) is 1.98. The van der Waals surface area contributed by atoms with Gasteiger partial charge in [0.2, 0.25) is 0 Å². The summed E-state index contributed by atoms with van der Waals surface area (Å²) in [5.74, 6) is -0.245. The van der Waals surface area contributed by atoms with Gasteiger partial charge in [0.15, 0.2) is 0 Å². The number of pyridine rings is 1. The molecule has 0 saturated heterocycles. The minimum Gasteiger partial charge on any atom is -0.506 e. The number of hydrogen-bond donors (Lipinski definition) is 2. The highest BCUT2D eigenvalue weighted by atomic mass is 35.5. The zero-order chi connectivity index (χ0) is 14.5. The van der Waals surface area contributed by atoms with Crippen molar-refractivity contribution in [3.63, 3.8) is 0 Å². The van der Waals surface area contributed by atoms with Crippen molar-refractivity contribution in [3.05, 3.63) is 52.8 Å². The number of nitrogens with zero attached hydrogens (tertiary/aromatic N) is 1. The van der Waals surface area contributed by atoms with E-state index in [1.807, 2.05) is 0 Å². The molecule has 5 heteroatoms. The van der Waals surface area contributed by atoms with Crippen LogP contribution in [0.1, 0.15) is 29.4 Å². The summed E-state index contributed by atoms with van der Waals surface area (Å²) in [5, 5.41) is 12.3. The number of carbonyl (C=O) groups is 1. The average Bonchev–Trinajstić information content (AvgIpc) is 2.43. The number of halogens is 1. The van der Waals surface area contributed by atoms with E-state index < -0.39 is 0 Å². The Labute approximate surface area is 122 Å². The lowest BCUT2D eigenvalue weighted by Gasteiger charge is -2.07. The molecular weight excluding hydrogens is 276 g/mol. The number of phenolic OH excluding ortho intramolecular Hbond substituents is 1. The quantitative estimate of drug-likeness (QED) is 0.845. The highest BCUT2D eigenvalue weighted by Crippen LogP contribution is 2.26. The van der Waals surface area contributed by atoms with Crippen LogP contribution in [0, 0.1) is 0 Å². The van der Waals surface area contributed by atoms with Crippen LogP contribution in [0.25, 0.3) is 0 Å². The second-order valence-corrected chi connectivity index (χ2v) is 4.81. The van der Waals surface area contributed by atoms with Gasteiger partial charge in [-0.1, -0.05) is 24.9 Å². The van der Waals surface area contributed by atoms with Gasteiger partial charge in [0.1, 0.15) is 5.75 Å². The molecule has 0 aliphatic carbocycles. The van der Waals surface area contributed by atoms with E-state index in [0.29, 0.717) is 11.3 Å². The van der Waals surface area contributed by atoms with Crippen molar-refractivity contribution in [2.75, 3.05) is 5.32 Å². The molecular formula is C15H15ClN2O2. The maximum atomic E-state index is 12.1. The molecule has 0 atom stereocenters. The maximum Gasteiger partial charge on any atom is 0.255 e. The second-order valence-electron chi connectivity index (χ2n) is 4.41. The molecule has 2 rings (SSSR count). The van der Waals surface area contributed by atoms with E-state index in [2.05, 4.69) is 17.2 Å². The van der Waals surface area contributed by atoms with Gasteiger partial charge < -0.3 is 10.4 Å². The van der Waals surface area contributed by atoms with Crippen molar-refractivity contribution in [2.24, 2.45) is 0 Å². The lowest BCUT2D eigenvalue weighted by molar-refractivity contribution is 0.102. The molecule has 2 N–H and O–H groups in total. The Morgan fingerprint density at radius 3 is 2.85 bits per heavy atom. The lowest BCUT2D eigenvalue weighted by atomic mass is 10.1. The van der Waals surface area contributed by atoms with E-state index in [4.69, 9.17) is 11.6 Å². The molecule has 104 valence electrons. The zero-order valence-corrected chi connectivity index (χ0v) is 11.8. The van der Waals surface area contributed by atoms with Crippen molar-refractivity contribution in [2.45, 2.75) is 19.8 Å². The molecule has 0 aliphatic heterocycles. The summed E-state index contributed by atoms with van der Waals surface area (Å²) < 4.78 is 0. The van der Waals surface area contributed by atoms with Crippen molar-refractivity contribution in [3.8, 4) is 5.75 Å². The number of rotatable bonds is 4. The van der Waals surface area contributed by atoms with E-state index in [-0.39, 0.29) is 16.7 Å². The molecule has 0 saturated carbocycles. The minimum absolute atomic E-state index is 0.0150. The van der Waals surface area contributed by atoms with Gasteiger partial charge in [-0.3, -0.25) is 9.78 Å². The summed E-state index contributed by atoms with van der Waals surface area (Å²) in [5.41, 5.74) is 1.98. The Kier molecular flexibility index (Phi) is 4.58. The maximum absolute atomic E-state index is 12.1. The molecule has 1 aromatic carbocycles. The van der Waals surface area contributed by atoms with Crippen LogP contribution in [0.2, 0.25) is 5.02 Å². The first-order valence-corrected chi connectivity index (χ1v) is 6.72. The smallest absolute Gasteiger partial charge is 0.255 e. The van der Waals surface area contributed by atoms with E-state index in [0.717, 1.165) is 18.5 Å². The third-order valence-corrected chi connectivity index (χ3v) is 3.09. The third kappa shape index (κ3) is 3.48. The van der Waals surface area contributed by atoms with Crippen LogP contribution >= 0.6 is 11.6 Å². The van der Waals surface area contributed by atoms with Gasteiger partial charge in [0, 0.05) is 23.1 Å². The number of carbonyl (C=O) groups excluding carboxylic acids is 1. The summed E-state index contributed by atoms with van der Waals surface area (Å²) >= 11 is 5.80. The molecule has 2 aromatic rings. The summed E-state index contributed by atoms with van der Waals surface area (Å²) in [7, 11) is 0. The van der Waals surface area contributed by atoms with Crippen LogP contribution in [-0.2, 0) is 6.42 Å². The number of benzene rings is 1. The number of nitrogens with one attached hydrogen (secondary N) is 1. The normalized spacial score (nSPS) is 10.3. The highest BCUT2D eigenvalue weighted by Gasteiger charge is 2.08. The summed E-state index contributed by atoms with van der Waals surface area (Å²) in [6.45, 7) is 2.06. The van der Waals surface area contributed by atoms with E-state index >= 15 is 0 Å². The third-order valence-electron chi connectivity index (χ3n) is 2.79. The monoisotopic (exact) mass is 290 g/mol. The van der Waals surface area contributed by atoms with E-state index in [1.165, 1.54) is 12.1 Å². The van der Waals surface area contributed by atoms with Gasteiger partial charge in [-0.2, -0.15) is 0 Å². The van der Waals surface area contributed by atoms with Gasteiger partial charge >= 0.3 is 0 Å². The number of hydrogen-bond acceptors (Lipinski definition) is 3. The van der Waals surface area contributed by atoms with Crippen LogP contribution in [-0.4, -0.2) is 16.0 Å². The molecule has 0 spiro atoms. The zero-order valence-electron chi connectivity index (χ0n) is 11.1. The molecule has 0 fully saturated rings. The fraction of sp³-hybridized carbons (Fsp3) is 0.200. The largest absolute Gasteiger partial charge is 0.506 e. The Balaban J connectivity index is 2.15. The standard InChI is InChI=1S/C15H15ClN2O2/c1-2-3-11-8-10(6-7-17-11)15(20)18-12-4-5-14(19)13(16)9-12/h4-9,19H,2-3H2,1H3,(H,18,20). The van der Waals surface area contributed by atoms with Gasteiger partial charge in [0.25, 0.3) is 5.91 Å². The van der Waals surface area contributed by atoms with Crippen molar-refractivity contribution < 1.29 is 9.90 Å². The molecule has 1 aromatic heterocycles. The lowest BCUT2D eigenvalue weighted by Crippen LogP contribution is -2.12. The SMILES string of the molecule is CCCc1cc(C(=O)Nc2ccc(O)c(Cl)c2)ccn1. The van der Waals surface area contributed by atoms with Crippen LogP contribution in [0.4, 0.5) is 5.69 Å². The van der Waals surface area contributed by atoms with Crippen LogP contribution < -0.4 is 5.32 Å². The Morgan fingerprint density at radius 2 is 2.15 bits per heavy atom. The number of anilines is 1. The number of aryl methyl sites for hydroxylation is 1. The number of phenols is 1. The number of aromatic hydroxyl groups is 1. The molecule has 4 nitrogen and oxygen atoms in total. The molecule has 1 heterocycles. The van der Waals surface area contributed by atoms with Crippen LogP contribution in [0.3, 0.4) is 0 Å². The van der Waals surface area contributed by atoms with Gasteiger partial charge in [-0.15, -0.1) is 0 Å². The molecule has 0 bridgehead atoms. The first kappa shape index (κ1) is 14.3. The molecule has 1 amide bonds. The Hall–Kier alpha value is -2.07. The topological polar surface area (TPSA) is 62.2 Å². The highest BCUT2D eigenvalue weighted by molar-refractivity contribution is 6.32. The van der Waals surface area contributed by atoms with E-state index in [1.54, 1.807) is 24.4 Å². The van der Waals surface area contributed by atoms with Gasteiger partial charge in [-0.05, 0) is 36.8 Å². The molecule has 0 radical (unpaired) electrons. The second kappa shape index (κ2) is 6.39. The van der Waals surface area contributed by atoms with E-state index in [9.17, 15) is 9.90 Å². The first-order chi connectivity index (χ1) is 9.60. The van der Waals surface area contributed by atoms with Crippen LogP contribution in [0.5, 0.6) is 5.75 Å². The minimum atomic E-state index is -0.230. The number of aromatic nitrogens is 1. The van der Waals surface area contributed by atoms with Crippen molar-refractivity contribution in [1.29, 1.82) is 0 Å². The molecule has 20 heavy (non-hydrogen) atoms. The summed E-state index contributed by atoms with van der Waals surface area (Å²) in [6, 6.07) is 7.97. The predicted octanol–water partition coefficient (Wildman–Crippen LogP) is 3.65. The first-order valence-electron chi connectivity index (χ1n) is 6.35.